The maximum Gasteiger partial charge on any atom is 0.184 e. The van der Waals surface area contributed by atoms with Gasteiger partial charge < -0.3 is 34.4 Å². The molecule has 0 aromatic heterocycles. The predicted octanol–water partition coefficient (Wildman–Crippen LogP) is -3.17. The molecule has 2 aliphatic carbocycles. The number of Topliss-reactive ketones (excluding diaryl/α,β-unsaturated/α-hetero) is 1. The van der Waals surface area contributed by atoms with E-state index in [1.54, 1.807) is 0 Å². The molecule has 0 saturated carbocycles. The lowest BCUT2D eigenvalue weighted by molar-refractivity contribution is -0.115. The second-order valence-corrected chi connectivity index (χ2v) is 4.61. The third kappa shape index (κ3) is 1.54. The molecule has 2 unspecified atom stereocenters. The Hall–Kier alpha value is -2.65. The Kier molecular flexibility index (Phi) is 2.88. The van der Waals surface area contributed by atoms with Gasteiger partial charge in [-0.25, -0.2) is 0 Å². The minimum Gasteiger partial charge on any atom is -0.400 e. The second kappa shape index (κ2) is 4.18. The molecule has 2 aliphatic rings. The summed E-state index contributed by atoms with van der Waals surface area (Å²) in [7, 11) is 0. The predicted molar refractivity (Wildman–Crippen MR) is 74.2 cm³/mol. The normalized spacial score (nSPS) is 28.0. The largest absolute Gasteiger partial charge is 0.400 e. The molecular formula is C11H16N8O. The van der Waals surface area contributed by atoms with E-state index in [1.807, 2.05) is 0 Å². The van der Waals surface area contributed by atoms with Gasteiger partial charge in [0.2, 0.25) is 0 Å². The van der Waals surface area contributed by atoms with Crippen molar-refractivity contribution in [2.24, 2.45) is 34.4 Å². The minimum absolute atomic E-state index is 0.0336. The second-order valence-electron chi connectivity index (χ2n) is 4.61. The Morgan fingerprint density at radius 3 is 1.70 bits per heavy atom. The molecule has 9 heteroatoms. The van der Waals surface area contributed by atoms with E-state index in [0.29, 0.717) is 0 Å². The Labute approximate surface area is 114 Å². The Morgan fingerprint density at radius 1 is 0.750 bits per heavy atom. The fourth-order valence-corrected chi connectivity index (χ4v) is 2.17. The van der Waals surface area contributed by atoms with Crippen molar-refractivity contribution in [3.8, 4) is 0 Å². The van der Waals surface area contributed by atoms with Gasteiger partial charge in [0.15, 0.2) is 5.78 Å². The zero-order valence-corrected chi connectivity index (χ0v) is 10.5. The molecule has 0 spiro atoms. The van der Waals surface area contributed by atoms with E-state index in [9.17, 15) is 4.79 Å². The highest BCUT2D eigenvalue weighted by Crippen LogP contribution is 2.30. The molecule has 0 aromatic rings. The van der Waals surface area contributed by atoms with Crippen LogP contribution in [-0.4, -0.2) is 29.3 Å². The summed E-state index contributed by atoms with van der Waals surface area (Å²) < 4.78 is 0. The monoisotopic (exact) mass is 276 g/mol. The average molecular weight is 276 g/mol. The van der Waals surface area contributed by atoms with E-state index in [4.69, 9.17) is 45.2 Å². The number of nitrogens with two attached hydrogens (primary N) is 6. The van der Waals surface area contributed by atoms with Crippen LogP contribution in [-0.2, 0) is 4.79 Å². The summed E-state index contributed by atoms with van der Waals surface area (Å²) >= 11 is 0. The molecule has 2 atom stereocenters. The SMILES string of the molecule is N=C1C(N)=C(N)C(=N)C(C2=C(N)C(N)C(N)C2=O)=C1N. The number of ketones is 1. The molecule has 0 saturated heterocycles. The third-order valence-electron chi connectivity index (χ3n) is 3.45. The van der Waals surface area contributed by atoms with E-state index < -0.39 is 17.9 Å². The third-order valence-corrected chi connectivity index (χ3v) is 3.45. The maximum absolute atomic E-state index is 12.1. The van der Waals surface area contributed by atoms with Crippen LogP contribution < -0.4 is 34.4 Å². The standard InChI is InChI=1S/C11H16N8O/c12-3-1(4(13)7(16)9(18)6(3)15)2-5(14)8(17)10(19)11(2)20/h8,10,12,16H,13-15,17-19H2. The number of hydrogen-bond donors (Lipinski definition) is 8. The average Bonchev–Trinajstić information content (AvgIpc) is 2.61. The zero-order chi connectivity index (χ0) is 15.4. The Bertz CT molecular complexity index is 653. The molecule has 106 valence electrons. The van der Waals surface area contributed by atoms with Crippen LogP contribution in [0.5, 0.6) is 0 Å². The summed E-state index contributed by atoms with van der Waals surface area (Å²) in [4.78, 5) is 12.1. The summed E-state index contributed by atoms with van der Waals surface area (Å²) in [5.74, 6) is -0.529. The molecule has 0 aromatic carbocycles. The first kappa shape index (κ1) is 13.8. The first-order valence-corrected chi connectivity index (χ1v) is 5.69. The lowest BCUT2D eigenvalue weighted by Gasteiger charge is -2.22. The first-order chi connectivity index (χ1) is 9.20. The van der Waals surface area contributed by atoms with Gasteiger partial charge in [-0.3, -0.25) is 15.6 Å². The van der Waals surface area contributed by atoms with Gasteiger partial charge >= 0.3 is 0 Å². The summed E-state index contributed by atoms with van der Waals surface area (Å²) in [6.07, 6.45) is 0. The number of allylic oxidation sites excluding steroid dienone is 1. The number of carbonyl (C=O) groups excluding carboxylic acids is 1. The smallest absolute Gasteiger partial charge is 0.184 e. The highest BCUT2D eigenvalue weighted by molar-refractivity contribution is 6.31. The number of carbonyl (C=O) groups is 1. The molecule has 2 rings (SSSR count). The van der Waals surface area contributed by atoms with Gasteiger partial charge in [0.1, 0.15) is 5.71 Å². The van der Waals surface area contributed by atoms with Gasteiger partial charge in [-0.2, -0.15) is 0 Å². The van der Waals surface area contributed by atoms with Crippen molar-refractivity contribution in [2.75, 3.05) is 0 Å². The van der Waals surface area contributed by atoms with E-state index in [0.717, 1.165) is 0 Å². The number of rotatable bonds is 1. The molecule has 0 fully saturated rings. The van der Waals surface area contributed by atoms with Crippen molar-refractivity contribution in [3.05, 3.63) is 33.9 Å². The molecule has 0 aliphatic heterocycles. The van der Waals surface area contributed by atoms with Gasteiger partial charge in [0.25, 0.3) is 0 Å². The molecule has 0 heterocycles. The number of hydrogen-bond acceptors (Lipinski definition) is 9. The van der Waals surface area contributed by atoms with E-state index in [2.05, 4.69) is 0 Å². The molecule has 20 heavy (non-hydrogen) atoms. The van der Waals surface area contributed by atoms with Crippen LogP contribution in [0.3, 0.4) is 0 Å². The fourth-order valence-electron chi connectivity index (χ4n) is 2.17. The Balaban J connectivity index is 2.68. The zero-order valence-electron chi connectivity index (χ0n) is 10.5. The minimum atomic E-state index is -1.00. The van der Waals surface area contributed by atoms with Crippen LogP contribution in [0.1, 0.15) is 0 Å². The van der Waals surface area contributed by atoms with Crippen molar-refractivity contribution in [3.63, 3.8) is 0 Å². The summed E-state index contributed by atoms with van der Waals surface area (Å²) in [6.45, 7) is 0. The molecule has 0 radical (unpaired) electrons. The molecule has 0 bridgehead atoms. The van der Waals surface area contributed by atoms with E-state index in [-0.39, 0.29) is 45.4 Å². The van der Waals surface area contributed by atoms with Crippen molar-refractivity contribution in [2.45, 2.75) is 12.1 Å². The van der Waals surface area contributed by atoms with Crippen LogP contribution >= 0.6 is 0 Å². The fraction of sp³-hybridized carbons (Fsp3) is 0.182. The molecule has 0 amide bonds. The van der Waals surface area contributed by atoms with Gasteiger partial charge in [-0.15, -0.1) is 0 Å². The Morgan fingerprint density at radius 2 is 1.25 bits per heavy atom. The van der Waals surface area contributed by atoms with E-state index in [1.165, 1.54) is 0 Å². The van der Waals surface area contributed by atoms with E-state index >= 15 is 0 Å². The maximum atomic E-state index is 12.1. The van der Waals surface area contributed by atoms with Crippen LogP contribution in [0.25, 0.3) is 0 Å². The van der Waals surface area contributed by atoms with Crippen LogP contribution in [0.4, 0.5) is 0 Å². The van der Waals surface area contributed by atoms with Crippen molar-refractivity contribution in [1.29, 1.82) is 10.8 Å². The van der Waals surface area contributed by atoms with Crippen molar-refractivity contribution < 1.29 is 4.79 Å². The highest BCUT2D eigenvalue weighted by Gasteiger charge is 2.41. The van der Waals surface area contributed by atoms with Crippen LogP contribution in [0, 0.1) is 10.8 Å². The van der Waals surface area contributed by atoms with Gasteiger partial charge in [0.05, 0.1) is 40.5 Å². The topological polar surface area (TPSA) is 221 Å². The molecule has 9 nitrogen and oxygen atoms in total. The summed E-state index contributed by atoms with van der Waals surface area (Å²) in [6, 6.07) is -1.86. The van der Waals surface area contributed by atoms with Gasteiger partial charge in [-0.05, 0) is 0 Å². The summed E-state index contributed by atoms with van der Waals surface area (Å²) in [5.41, 5.74) is 33.2. The summed E-state index contributed by atoms with van der Waals surface area (Å²) in [5, 5.41) is 15.7. The van der Waals surface area contributed by atoms with Crippen molar-refractivity contribution in [1.82, 2.24) is 0 Å². The molecular weight excluding hydrogens is 260 g/mol. The lowest BCUT2D eigenvalue weighted by atomic mass is 9.87. The van der Waals surface area contributed by atoms with Crippen LogP contribution in [0.15, 0.2) is 33.9 Å². The van der Waals surface area contributed by atoms with Crippen molar-refractivity contribution >= 4 is 17.2 Å². The highest BCUT2D eigenvalue weighted by atomic mass is 16.1. The quantitative estimate of drug-likeness (QED) is 0.229. The first-order valence-electron chi connectivity index (χ1n) is 5.69. The van der Waals surface area contributed by atoms with Gasteiger partial charge in [-0.1, -0.05) is 0 Å². The lowest BCUT2D eigenvalue weighted by Crippen LogP contribution is -2.44. The molecule has 14 N–H and O–H groups in total. The van der Waals surface area contributed by atoms with Gasteiger partial charge in [0, 0.05) is 11.3 Å². The number of nitrogens with one attached hydrogen (secondary N) is 2. The van der Waals surface area contributed by atoms with Crippen LogP contribution in [0.2, 0.25) is 0 Å².